The SMILES string of the molecule is Cc1ccc(-c2nc(NC(C)C)sc(=S)c2C#N)cc1. The average molecular weight is 301 g/mol. The van der Waals surface area contributed by atoms with Crippen molar-refractivity contribution in [3.63, 3.8) is 0 Å². The maximum Gasteiger partial charge on any atom is 0.184 e. The molecule has 0 amide bonds. The molecule has 3 nitrogen and oxygen atoms in total. The number of aromatic nitrogens is 1. The highest BCUT2D eigenvalue weighted by molar-refractivity contribution is 7.73. The maximum atomic E-state index is 9.32. The van der Waals surface area contributed by atoms with Crippen molar-refractivity contribution < 1.29 is 0 Å². The Balaban J connectivity index is 2.60. The Morgan fingerprint density at radius 1 is 1.30 bits per heavy atom. The number of anilines is 1. The molecular weight excluding hydrogens is 286 g/mol. The topological polar surface area (TPSA) is 48.7 Å². The molecule has 0 spiro atoms. The first-order chi connectivity index (χ1) is 9.51. The summed E-state index contributed by atoms with van der Waals surface area (Å²) < 4.78 is 0.571. The van der Waals surface area contributed by atoms with E-state index in [4.69, 9.17) is 12.2 Å². The van der Waals surface area contributed by atoms with Crippen molar-refractivity contribution in [3.05, 3.63) is 39.2 Å². The zero-order valence-electron chi connectivity index (χ0n) is 11.6. The van der Waals surface area contributed by atoms with Gasteiger partial charge in [-0.25, -0.2) is 4.98 Å². The van der Waals surface area contributed by atoms with E-state index in [0.717, 1.165) is 10.7 Å². The van der Waals surface area contributed by atoms with E-state index in [2.05, 4.69) is 16.4 Å². The fraction of sp³-hybridized carbons (Fsp3) is 0.267. The van der Waals surface area contributed by atoms with E-state index in [9.17, 15) is 5.26 Å². The summed E-state index contributed by atoms with van der Waals surface area (Å²) in [7, 11) is 0. The van der Waals surface area contributed by atoms with E-state index in [0.29, 0.717) is 15.1 Å². The van der Waals surface area contributed by atoms with Crippen LogP contribution < -0.4 is 5.32 Å². The molecule has 0 bridgehead atoms. The van der Waals surface area contributed by atoms with Gasteiger partial charge in [-0.05, 0) is 20.8 Å². The Bertz CT molecular complexity index is 709. The molecule has 1 heterocycles. The predicted octanol–water partition coefficient (Wildman–Crippen LogP) is 4.54. The number of rotatable bonds is 3. The molecule has 0 unspecified atom stereocenters. The van der Waals surface area contributed by atoms with Crippen LogP contribution in [0.4, 0.5) is 5.13 Å². The molecular formula is C15H15N3S2. The highest BCUT2D eigenvalue weighted by atomic mass is 32.1. The second-order valence-electron chi connectivity index (χ2n) is 4.81. The lowest BCUT2D eigenvalue weighted by Gasteiger charge is -2.11. The van der Waals surface area contributed by atoms with Crippen LogP contribution in [-0.4, -0.2) is 11.0 Å². The highest BCUT2D eigenvalue weighted by Gasteiger charge is 2.12. The van der Waals surface area contributed by atoms with Crippen LogP contribution in [0.3, 0.4) is 0 Å². The minimum atomic E-state index is 0.270. The van der Waals surface area contributed by atoms with Gasteiger partial charge < -0.3 is 5.32 Å². The van der Waals surface area contributed by atoms with Gasteiger partial charge in [-0.3, -0.25) is 0 Å². The van der Waals surface area contributed by atoms with Crippen LogP contribution in [0.1, 0.15) is 25.0 Å². The molecule has 0 atom stereocenters. The summed E-state index contributed by atoms with van der Waals surface area (Å²) in [4.78, 5) is 4.56. The van der Waals surface area contributed by atoms with Gasteiger partial charge in [-0.15, -0.1) is 0 Å². The molecule has 20 heavy (non-hydrogen) atoms. The first-order valence-corrected chi connectivity index (χ1v) is 7.52. The standard InChI is InChI=1S/C15H15N3S2/c1-9(2)17-15-18-13(12(8-16)14(19)20-15)11-6-4-10(3)5-7-11/h4-7,9H,1-3H3,(H,17,18). The number of hydrogen-bond donors (Lipinski definition) is 1. The lowest BCUT2D eigenvalue weighted by Crippen LogP contribution is -2.10. The largest absolute Gasteiger partial charge is 0.359 e. The Kier molecular flexibility index (Phi) is 4.48. The van der Waals surface area contributed by atoms with Crippen LogP contribution in [0, 0.1) is 22.1 Å². The molecule has 0 aliphatic carbocycles. The Morgan fingerprint density at radius 2 is 1.95 bits per heavy atom. The van der Waals surface area contributed by atoms with Crippen molar-refractivity contribution in [1.82, 2.24) is 4.98 Å². The number of nitrogens with zero attached hydrogens (tertiary/aromatic N) is 2. The van der Waals surface area contributed by atoms with Gasteiger partial charge in [0.2, 0.25) is 0 Å². The average Bonchev–Trinajstić information content (AvgIpc) is 2.38. The van der Waals surface area contributed by atoms with Crippen LogP contribution in [0.15, 0.2) is 24.3 Å². The lowest BCUT2D eigenvalue weighted by atomic mass is 10.1. The fourth-order valence-electron chi connectivity index (χ4n) is 1.74. The molecule has 2 aromatic rings. The summed E-state index contributed by atoms with van der Waals surface area (Å²) in [6.45, 7) is 6.11. The summed E-state index contributed by atoms with van der Waals surface area (Å²) in [5, 5.41) is 13.3. The second kappa shape index (κ2) is 6.12. The summed E-state index contributed by atoms with van der Waals surface area (Å²) >= 11 is 6.66. The Morgan fingerprint density at radius 3 is 2.50 bits per heavy atom. The molecule has 0 radical (unpaired) electrons. The van der Waals surface area contributed by atoms with Crippen molar-refractivity contribution in [2.45, 2.75) is 26.8 Å². The quantitative estimate of drug-likeness (QED) is 0.846. The van der Waals surface area contributed by atoms with Crippen molar-refractivity contribution >= 4 is 28.7 Å². The Hall–Kier alpha value is -1.77. The van der Waals surface area contributed by atoms with Crippen LogP contribution in [0.2, 0.25) is 0 Å². The van der Waals surface area contributed by atoms with E-state index in [1.807, 2.05) is 45.0 Å². The number of nitriles is 1. The zero-order valence-corrected chi connectivity index (χ0v) is 13.2. The van der Waals surface area contributed by atoms with Crippen LogP contribution in [-0.2, 0) is 0 Å². The van der Waals surface area contributed by atoms with Gasteiger partial charge in [-0.1, -0.05) is 53.4 Å². The highest BCUT2D eigenvalue weighted by Crippen LogP contribution is 2.28. The summed E-state index contributed by atoms with van der Waals surface area (Å²) in [6, 6.07) is 10.4. The van der Waals surface area contributed by atoms with Crippen molar-refractivity contribution in [3.8, 4) is 17.3 Å². The molecule has 1 aromatic carbocycles. The molecule has 0 aliphatic heterocycles. The summed E-state index contributed by atoms with van der Waals surface area (Å²) in [6.07, 6.45) is 0. The van der Waals surface area contributed by atoms with Gasteiger partial charge in [0.05, 0.1) is 5.69 Å². The number of nitrogens with one attached hydrogen (secondary N) is 1. The first kappa shape index (κ1) is 14.6. The van der Waals surface area contributed by atoms with E-state index in [1.54, 1.807) is 0 Å². The number of benzene rings is 1. The van der Waals surface area contributed by atoms with Crippen molar-refractivity contribution in [2.24, 2.45) is 0 Å². The summed E-state index contributed by atoms with van der Waals surface area (Å²) in [5.41, 5.74) is 3.21. The lowest BCUT2D eigenvalue weighted by molar-refractivity contribution is 0.895. The van der Waals surface area contributed by atoms with Gasteiger partial charge in [-0.2, -0.15) is 5.26 Å². The molecule has 0 aliphatic rings. The third-order valence-electron chi connectivity index (χ3n) is 2.69. The molecule has 0 fully saturated rings. The first-order valence-electron chi connectivity index (χ1n) is 6.30. The smallest absolute Gasteiger partial charge is 0.184 e. The number of hydrogen-bond acceptors (Lipinski definition) is 5. The molecule has 0 saturated carbocycles. The fourth-order valence-corrected chi connectivity index (χ4v) is 2.97. The van der Waals surface area contributed by atoms with Crippen LogP contribution in [0.5, 0.6) is 0 Å². The molecule has 102 valence electrons. The van der Waals surface area contributed by atoms with Crippen LogP contribution in [0.25, 0.3) is 11.3 Å². The van der Waals surface area contributed by atoms with Crippen LogP contribution >= 0.6 is 23.6 Å². The molecule has 2 rings (SSSR count). The maximum absolute atomic E-state index is 9.32. The molecule has 1 aromatic heterocycles. The third-order valence-corrected chi connectivity index (χ3v) is 3.94. The predicted molar refractivity (Wildman–Crippen MR) is 86.6 cm³/mol. The minimum Gasteiger partial charge on any atom is -0.359 e. The van der Waals surface area contributed by atoms with Gasteiger partial charge in [0, 0.05) is 11.6 Å². The minimum absolute atomic E-state index is 0.270. The van der Waals surface area contributed by atoms with Gasteiger partial charge in [0.25, 0.3) is 0 Å². The van der Waals surface area contributed by atoms with E-state index in [1.165, 1.54) is 16.9 Å². The van der Waals surface area contributed by atoms with Gasteiger partial charge in [0.15, 0.2) is 5.13 Å². The van der Waals surface area contributed by atoms with E-state index in [-0.39, 0.29) is 6.04 Å². The third kappa shape index (κ3) is 3.21. The normalized spacial score (nSPS) is 10.3. The van der Waals surface area contributed by atoms with Crippen molar-refractivity contribution in [1.29, 1.82) is 5.26 Å². The summed E-state index contributed by atoms with van der Waals surface area (Å²) in [5.74, 6) is 0. The molecule has 1 N–H and O–H groups in total. The zero-order chi connectivity index (χ0) is 14.7. The Labute approximate surface area is 127 Å². The van der Waals surface area contributed by atoms with Crippen molar-refractivity contribution in [2.75, 3.05) is 5.32 Å². The monoisotopic (exact) mass is 301 g/mol. The van der Waals surface area contributed by atoms with Gasteiger partial charge >= 0.3 is 0 Å². The molecule has 0 saturated heterocycles. The van der Waals surface area contributed by atoms with Gasteiger partial charge in [0.1, 0.15) is 15.5 Å². The molecule has 5 heteroatoms. The second-order valence-corrected chi connectivity index (χ2v) is 6.47. The van der Waals surface area contributed by atoms with E-state index >= 15 is 0 Å². The number of aryl methyl sites for hydroxylation is 1. The van der Waals surface area contributed by atoms with E-state index < -0.39 is 0 Å².